The van der Waals surface area contributed by atoms with Crippen molar-refractivity contribution in [3.8, 4) is 23.3 Å². The Kier molecular flexibility index (Phi) is 6.06. The molecule has 3 rings (SSSR count). The Balaban J connectivity index is 1.64. The lowest BCUT2D eigenvalue weighted by Crippen LogP contribution is -2.64. The lowest BCUT2D eigenvalue weighted by atomic mass is 9.81. The molecule has 0 aliphatic carbocycles. The highest BCUT2D eigenvalue weighted by Gasteiger charge is 2.44. The average molecular weight is 374 g/mol. The summed E-state index contributed by atoms with van der Waals surface area (Å²) in [6.07, 6.45) is 0.437. The summed E-state index contributed by atoms with van der Waals surface area (Å²) in [6.45, 7) is 1.46. The van der Waals surface area contributed by atoms with E-state index in [1.807, 2.05) is 36.4 Å². The monoisotopic (exact) mass is 374 g/mol. The molecule has 0 aromatic heterocycles. The summed E-state index contributed by atoms with van der Waals surface area (Å²) in [7, 11) is 1.57. The molecule has 0 radical (unpaired) electrons. The van der Waals surface area contributed by atoms with Gasteiger partial charge < -0.3 is 15.4 Å². The molecule has 6 heteroatoms. The quantitative estimate of drug-likeness (QED) is 0.773. The second kappa shape index (κ2) is 8.67. The number of carbonyl (C=O) groups is 1. The van der Waals surface area contributed by atoms with Crippen LogP contribution in [0.25, 0.3) is 11.1 Å². The van der Waals surface area contributed by atoms with Crippen LogP contribution in [0.1, 0.15) is 11.1 Å². The minimum Gasteiger partial charge on any atom is -0.383 e. The smallest absolute Gasteiger partial charge is 0.232 e. The van der Waals surface area contributed by atoms with Crippen LogP contribution in [0.15, 0.2) is 48.5 Å². The molecule has 1 aliphatic heterocycles. The third-order valence-electron chi connectivity index (χ3n) is 5.03. The lowest BCUT2D eigenvalue weighted by Gasteiger charge is -2.40. The molecule has 1 amide bonds. The van der Waals surface area contributed by atoms with Gasteiger partial charge in [-0.2, -0.15) is 10.5 Å². The van der Waals surface area contributed by atoms with Gasteiger partial charge in [0.2, 0.25) is 5.91 Å². The Morgan fingerprint density at radius 2 is 1.75 bits per heavy atom. The largest absolute Gasteiger partial charge is 0.383 e. The number of carbonyl (C=O) groups excluding carboxylic acids is 1. The molecule has 6 nitrogen and oxygen atoms in total. The van der Waals surface area contributed by atoms with Crippen LogP contribution >= 0.6 is 0 Å². The van der Waals surface area contributed by atoms with Crippen molar-refractivity contribution in [3.63, 3.8) is 0 Å². The van der Waals surface area contributed by atoms with Gasteiger partial charge in [-0.25, -0.2) is 0 Å². The van der Waals surface area contributed by atoms with E-state index in [2.05, 4.69) is 22.8 Å². The van der Waals surface area contributed by atoms with Gasteiger partial charge in [-0.15, -0.1) is 0 Å². The Morgan fingerprint density at radius 1 is 1.14 bits per heavy atom. The first kappa shape index (κ1) is 19.6. The van der Waals surface area contributed by atoms with E-state index < -0.39 is 11.5 Å². The first-order chi connectivity index (χ1) is 13.6. The van der Waals surface area contributed by atoms with Crippen LogP contribution in [0.2, 0.25) is 0 Å². The Bertz CT molecular complexity index is 904. The van der Waals surface area contributed by atoms with Crippen LogP contribution in [0, 0.1) is 28.1 Å². The normalized spacial score (nSPS) is 15.5. The third kappa shape index (κ3) is 4.20. The van der Waals surface area contributed by atoms with E-state index in [4.69, 9.17) is 10.00 Å². The fourth-order valence-corrected chi connectivity index (χ4v) is 3.28. The number of hydrogen-bond acceptors (Lipinski definition) is 5. The lowest BCUT2D eigenvalue weighted by molar-refractivity contribution is -0.138. The number of nitrogens with zero attached hydrogens (tertiary/aromatic N) is 2. The standard InChI is InChI=1S/C22H22N4O2/c1-28-15-22(13-25-14-22)21(27)26-20(12-24)10-16-2-6-18(7-3-16)19-8-4-17(11-23)5-9-19/h2-9,20,25H,10,13-15H2,1H3,(H,26,27). The van der Waals surface area contributed by atoms with Crippen LogP contribution in [0.3, 0.4) is 0 Å². The molecular formula is C22H22N4O2. The summed E-state index contributed by atoms with van der Waals surface area (Å²) in [5, 5.41) is 24.3. The van der Waals surface area contributed by atoms with Crippen molar-refractivity contribution in [1.29, 1.82) is 10.5 Å². The Hall–Kier alpha value is -3.19. The highest BCUT2D eigenvalue weighted by Crippen LogP contribution is 2.24. The van der Waals surface area contributed by atoms with Gasteiger partial charge in [0.05, 0.1) is 29.7 Å². The first-order valence-electron chi connectivity index (χ1n) is 9.10. The summed E-state index contributed by atoms with van der Waals surface area (Å²) in [4.78, 5) is 12.6. The summed E-state index contributed by atoms with van der Waals surface area (Å²) in [5.41, 5.74) is 3.07. The van der Waals surface area contributed by atoms with E-state index in [1.54, 1.807) is 19.2 Å². The number of methoxy groups -OCH3 is 1. The Morgan fingerprint density at radius 3 is 2.21 bits per heavy atom. The molecule has 1 aliphatic rings. The van der Waals surface area contributed by atoms with Crippen LogP contribution in [0.5, 0.6) is 0 Å². The predicted octanol–water partition coefficient (Wildman–Crippen LogP) is 2.01. The number of nitrogens with one attached hydrogen (secondary N) is 2. The van der Waals surface area contributed by atoms with Crippen molar-refractivity contribution in [2.75, 3.05) is 26.8 Å². The van der Waals surface area contributed by atoms with E-state index >= 15 is 0 Å². The predicted molar refractivity (Wildman–Crippen MR) is 105 cm³/mol. The number of hydrogen-bond donors (Lipinski definition) is 2. The molecule has 1 atom stereocenters. The molecule has 2 N–H and O–H groups in total. The molecule has 0 bridgehead atoms. The average Bonchev–Trinajstić information content (AvgIpc) is 2.70. The van der Waals surface area contributed by atoms with Crippen molar-refractivity contribution >= 4 is 5.91 Å². The van der Waals surface area contributed by atoms with Crippen LogP contribution in [-0.2, 0) is 16.0 Å². The molecular weight excluding hydrogens is 352 g/mol. The van der Waals surface area contributed by atoms with Crippen LogP contribution in [-0.4, -0.2) is 38.8 Å². The van der Waals surface area contributed by atoms with E-state index in [9.17, 15) is 10.1 Å². The van der Waals surface area contributed by atoms with E-state index in [1.165, 1.54) is 0 Å². The minimum atomic E-state index is -0.595. The number of rotatable bonds is 7. The molecule has 1 heterocycles. The van der Waals surface area contributed by atoms with Gasteiger partial charge in [0.25, 0.3) is 0 Å². The SMILES string of the molecule is COCC1(C(=O)NC(C#N)Cc2ccc(-c3ccc(C#N)cc3)cc2)CNC1. The zero-order valence-corrected chi connectivity index (χ0v) is 15.7. The number of amides is 1. The molecule has 28 heavy (non-hydrogen) atoms. The van der Waals surface area contributed by atoms with Crippen LogP contribution in [0.4, 0.5) is 0 Å². The van der Waals surface area contributed by atoms with E-state index in [-0.39, 0.29) is 5.91 Å². The van der Waals surface area contributed by atoms with Gasteiger partial charge in [0.1, 0.15) is 6.04 Å². The third-order valence-corrected chi connectivity index (χ3v) is 5.03. The van der Waals surface area contributed by atoms with Crippen molar-refractivity contribution in [1.82, 2.24) is 10.6 Å². The molecule has 1 unspecified atom stereocenters. The molecule has 142 valence electrons. The van der Waals surface area contributed by atoms with Crippen molar-refractivity contribution < 1.29 is 9.53 Å². The fraction of sp³-hybridized carbons (Fsp3) is 0.318. The van der Waals surface area contributed by atoms with Gasteiger partial charge in [-0.1, -0.05) is 36.4 Å². The summed E-state index contributed by atoms with van der Waals surface area (Å²) in [6, 6.07) is 19.0. The highest BCUT2D eigenvalue weighted by molar-refractivity contribution is 5.85. The molecule has 2 aromatic rings. The first-order valence-corrected chi connectivity index (χ1v) is 9.10. The molecule has 1 saturated heterocycles. The second-order valence-corrected chi connectivity index (χ2v) is 7.06. The fourth-order valence-electron chi connectivity index (χ4n) is 3.28. The molecule has 2 aromatic carbocycles. The second-order valence-electron chi connectivity index (χ2n) is 7.06. The zero-order chi connectivity index (χ0) is 20.0. The molecule has 0 saturated carbocycles. The molecule has 0 spiro atoms. The van der Waals surface area contributed by atoms with E-state index in [0.29, 0.717) is 31.7 Å². The van der Waals surface area contributed by atoms with Gasteiger partial charge in [0, 0.05) is 26.6 Å². The van der Waals surface area contributed by atoms with Gasteiger partial charge in [-0.05, 0) is 28.8 Å². The maximum Gasteiger partial charge on any atom is 0.232 e. The molecule has 1 fully saturated rings. The summed E-state index contributed by atoms with van der Waals surface area (Å²) >= 11 is 0. The maximum absolute atomic E-state index is 12.6. The van der Waals surface area contributed by atoms with E-state index in [0.717, 1.165) is 16.7 Å². The number of ether oxygens (including phenoxy) is 1. The zero-order valence-electron chi connectivity index (χ0n) is 15.7. The minimum absolute atomic E-state index is 0.145. The van der Waals surface area contributed by atoms with Crippen molar-refractivity contribution in [2.24, 2.45) is 5.41 Å². The number of benzene rings is 2. The Labute approximate surface area is 164 Å². The van der Waals surface area contributed by atoms with Gasteiger partial charge >= 0.3 is 0 Å². The van der Waals surface area contributed by atoms with Crippen molar-refractivity contribution in [2.45, 2.75) is 12.5 Å². The topological polar surface area (TPSA) is 97.9 Å². The van der Waals surface area contributed by atoms with Crippen molar-refractivity contribution in [3.05, 3.63) is 59.7 Å². The van der Waals surface area contributed by atoms with Gasteiger partial charge in [0.15, 0.2) is 0 Å². The summed E-state index contributed by atoms with van der Waals surface area (Å²) in [5.74, 6) is -0.145. The summed E-state index contributed by atoms with van der Waals surface area (Å²) < 4.78 is 5.17. The van der Waals surface area contributed by atoms with Gasteiger partial charge in [-0.3, -0.25) is 4.79 Å². The van der Waals surface area contributed by atoms with Crippen LogP contribution < -0.4 is 10.6 Å². The number of nitriles is 2. The maximum atomic E-state index is 12.6. The highest BCUT2D eigenvalue weighted by atomic mass is 16.5.